The van der Waals surface area contributed by atoms with Gasteiger partial charge in [0.05, 0.1) is 16.8 Å². The summed E-state index contributed by atoms with van der Waals surface area (Å²) in [4.78, 5) is 18.4. The van der Waals surface area contributed by atoms with Gasteiger partial charge in [0.1, 0.15) is 6.04 Å². The molecule has 0 radical (unpaired) electrons. The predicted octanol–water partition coefficient (Wildman–Crippen LogP) is 3.27. The lowest BCUT2D eigenvalue weighted by Crippen LogP contribution is -2.59. The average Bonchev–Trinajstić information content (AvgIpc) is 3.28. The number of carbonyl (C=O) groups is 1. The van der Waals surface area contributed by atoms with E-state index >= 15 is 0 Å². The number of aromatic nitrogens is 3. The number of halogens is 2. The Bertz CT molecular complexity index is 1010. The summed E-state index contributed by atoms with van der Waals surface area (Å²) >= 11 is 1.30. The normalized spacial score (nSPS) is 21.7. The number of amides is 1. The van der Waals surface area contributed by atoms with Crippen molar-refractivity contribution in [3.8, 4) is 11.3 Å². The van der Waals surface area contributed by atoms with E-state index in [4.69, 9.17) is 5.73 Å². The zero-order chi connectivity index (χ0) is 19.9. The molecule has 3 aromatic heterocycles. The summed E-state index contributed by atoms with van der Waals surface area (Å²) in [5.41, 5.74) is 8.17. The maximum Gasteiger partial charge on any atom is 0.269 e. The number of hydrogen-bond donors (Lipinski definition) is 2. The van der Waals surface area contributed by atoms with E-state index in [2.05, 4.69) is 15.4 Å². The number of alkyl halides is 2. The number of hydrogen-bond acceptors (Lipinski definition) is 5. The molecule has 3 N–H and O–H groups in total. The topological polar surface area (TPSA) is 85.3 Å². The van der Waals surface area contributed by atoms with E-state index in [0.29, 0.717) is 29.8 Å². The molecule has 4 rings (SSSR count). The number of imidazole rings is 1. The van der Waals surface area contributed by atoms with Crippen LogP contribution in [0, 0.1) is 0 Å². The fourth-order valence-corrected chi connectivity index (χ4v) is 4.68. The molecule has 0 unspecified atom stereocenters. The molecule has 2 atom stereocenters. The summed E-state index contributed by atoms with van der Waals surface area (Å²) < 4.78 is 30.2. The van der Waals surface area contributed by atoms with Gasteiger partial charge in [-0.25, -0.2) is 18.3 Å². The molecule has 0 aromatic carbocycles. The third kappa shape index (κ3) is 3.29. The van der Waals surface area contributed by atoms with Crippen LogP contribution in [0.3, 0.4) is 0 Å². The number of nitrogens with zero attached hydrogens (tertiary/aromatic N) is 3. The Morgan fingerprint density at radius 1 is 1.50 bits per heavy atom. The molecular weight excluding hydrogens is 384 g/mol. The quantitative estimate of drug-likeness (QED) is 0.698. The van der Waals surface area contributed by atoms with Crippen LogP contribution in [-0.4, -0.2) is 38.5 Å². The predicted molar refractivity (Wildman–Crippen MR) is 104 cm³/mol. The van der Waals surface area contributed by atoms with Gasteiger partial charge in [0.2, 0.25) is 0 Å². The molecule has 0 saturated heterocycles. The minimum Gasteiger partial charge on any atom is -0.341 e. The summed E-state index contributed by atoms with van der Waals surface area (Å²) in [6, 6.07) is 3.27. The number of aryl methyl sites for hydroxylation is 1. The number of fused-ring (bicyclic) bond motifs is 1. The molecular formula is C19H21F2N5OS. The van der Waals surface area contributed by atoms with Crippen molar-refractivity contribution < 1.29 is 13.6 Å². The average molecular weight is 405 g/mol. The minimum absolute atomic E-state index is 0.255. The number of nitrogens with one attached hydrogen (secondary N) is 1. The van der Waals surface area contributed by atoms with E-state index in [9.17, 15) is 13.6 Å². The third-order valence-corrected chi connectivity index (χ3v) is 6.40. The molecule has 1 aliphatic rings. The zero-order valence-corrected chi connectivity index (χ0v) is 16.2. The van der Waals surface area contributed by atoms with Crippen LogP contribution in [0.1, 0.15) is 40.7 Å². The van der Waals surface area contributed by atoms with Crippen molar-refractivity contribution in [3.05, 3.63) is 40.3 Å². The van der Waals surface area contributed by atoms with Crippen LogP contribution in [0.25, 0.3) is 16.9 Å². The molecule has 6 nitrogen and oxygen atoms in total. The van der Waals surface area contributed by atoms with Gasteiger partial charge in [-0.2, -0.15) is 5.10 Å². The lowest BCUT2D eigenvalue weighted by Gasteiger charge is -2.36. The van der Waals surface area contributed by atoms with E-state index in [0.717, 1.165) is 16.1 Å². The van der Waals surface area contributed by atoms with Gasteiger partial charge in [-0.15, -0.1) is 11.3 Å². The SMILES string of the molecule is CCc1sc(C(=O)N[C@@H]2[C@@H](N)CCCC2(F)F)cc1-c1cnc2cccnn12. The molecule has 1 saturated carbocycles. The molecule has 0 bridgehead atoms. The Labute approximate surface area is 164 Å². The Morgan fingerprint density at radius 3 is 3.07 bits per heavy atom. The van der Waals surface area contributed by atoms with E-state index in [1.807, 2.05) is 13.0 Å². The molecule has 148 valence electrons. The Hall–Kier alpha value is -2.39. The summed E-state index contributed by atoms with van der Waals surface area (Å²) in [5.74, 6) is -3.51. The van der Waals surface area contributed by atoms with Crippen LogP contribution in [0.5, 0.6) is 0 Å². The van der Waals surface area contributed by atoms with Gasteiger partial charge in [0, 0.05) is 29.1 Å². The molecule has 1 fully saturated rings. The first-order valence-electron chi connectivity index (χ1n) is 9.27. The van der Waals surface area contributed by atoms with Crippen molar-refractivity contribution in [1.82, 2.24) is 19.9 Å². The van der Waals surface area contributed by atoms with Crippen LogP contribution >= 0.6 is 11.3 Å². The van der Waals surface area contributed by atoms with Gasteiger partial charge in [0.25, 0.3) is 11.8 Å². The van der Waals surface area contributed by atoms with Gasteiger partial charge in [-0.1, -0.05) is 6.92 Å². The van der Waals surface area contributed by atoms with Crippen molar-refractivity contribution in [2.75, 3.05) is 0 Å². The highest BCUT2D eigenvalue weighted by Gasteiger charge is 2.46. The second-order valence-electron chi connectivity index (χ2n) is 7.01. The smallest absolute Gasteiger partial charge is 0.269 e. The zero-order valence-electron chi connectivity index (χ0n) is 15.4. The first-order valence-corrected chi connectivity index (χ1v) is 10.1. The highest BCUT2D eigenvalue weighted by molar-refractivity contribution is 7.14. The Balaban J connectivity index is 1.65. The van der Waals surface area contributed by atoms with Crippen molar-refractivity contribution in [2.24, 2.45) is 5.73 Å². The molecule has 1 amide bonds. The van der Waals surface area contributed by atoms with Crippen LogP contribution in [0.2, 0.25) is 0 Å². The van der Waals surface area contributed by atoms with E-state index in [1.165, 1.54) is 11.3 Å². The molecule has 28 heavy (non-hydrogen) atoms. The number of thiophene rings is 1. The molecule has 1 aliphatic carbocycles. The lowest BCUT2D eigenvalue weighted by atomic mass is 9.87. The molecule has 3 aromatic rings. The molecule has 9 heteroatoms. The fourth-order valence-electron chi connectivity index (χ4n) is 3.67. The van der Waals surface area contributed by atoms with E-state index in [-0.39, 0.29) is 6.42 Å². The maximum atomic E-state index is 14.2. The number of nitrogens with two attached hydrogens (primary N) is 1. The highest BCUT2D eigenvalue weighted by atomic mass is 32.1. The van der Waals surface area contributed by atoms with Crippen LogP contribution in [0.4, 0.5) is 8.78 Å². The second-order valence-corrected chi connectivity index (χ2v) is 8.14. The molecule has 3 heterocycles. The summed E-state index contributed by atoms with van der Waals surface area (Å²) in [6.45, 7) is 1.98. The monoisotopic (exact) mass is 405 g/mol. The van der Waals surface area contributed by atoms with Gasteiger partial charge < -0.3 is 11.1 Å². The summed E-state index contributed by atoms with van der Waals surface area (Å²) in [6.07, 6.45) is 4.66. The van der Waals surface area contributed by atoms with Gasteiger partial charge in [-0.05, 0) is 37.5 Å². The highest BCUT2D eigenvalue weighted by Crippen LogP contribution is 2.35. The van der Waals surface area contributed by atoms with Gasteiger partial charge in [-0.3, -0.25) is 4.79 Å². The number of carbonyl (C=O) groups excluding carboxylic acids is 1. The van der Waals surface area contributed by atoms with Crippen LogP contribution < -0.4 is 11.1 Å². The third-order valence-electron chi connectivity index (χ3n) is 5.12. The first kappa shape index (κ1) is 18.9. The summed E-state index contributed by atoms with van der Waals surface area (Å²) in [5, 5.41) is 6.79. The van der Waals surface area contributed by atoms with Crippen LogP contribution in [-0.2, 0) is 6.42 Å². The van der Waals surface area contributed by atoms with Crippen molar-refractivity contribution in [3.63, 3.8) is 0 Å². The first-order chi connectivity index (χ1) is 13.4. The standard InChI is InChI=1S/C19H21F2N5OS/c1-2-14-11(13-10-23-16-6-4-8-24-26(13)16)9-15(28-14)18(27)25-17-12(22)5-3-7-19(17,20)21/h4,6,8-10,12,17H,2-3,5,7,22H2,1H3,(H,25,27)/t12-,17+/m0/s1. The fraction of sp³-hybridized carbons (Fsp3) is 0.421. The lowest BCUT2D eigenvalue weighted by molar-refractivity contribution is -0.0674. The largest absolute Gasteiger partial charge is 0.341 e. The maximum absolute atomic E-state index is 14.2. The van der Waals surface area contributed by atoms with E-state index in [1.54, 1.807) is 29.0 Å². The Morgan fingerprint density at radius 2 is 2.32 bits per heavy atom. The Kier molecular flexibility index (Phi) is 4.88. The van der Waals surface area contributed by atoms with Crippen molar-refractivity contribution in [2.45, 2.75) is 50.6 Å². The molecule has 0 spiro atoms. The van der Waals surface area contributed by atoms with Crippen molar-refractivity contribution in [1.29, 1.82) is 0 Å². The summed E-state index contributed by atoms with van der Waals surface area (Å²) in [7, 11) is 0. The van der Waals surface area contributed by atoms with Crippen molar-refractivity contribution >= 4 is 22.9 Å². The van der Waals surface area contributed by atoms with Gasteiger partial charge in [0.15, 0.2) is 5.65 Å². The minimum atomic E-state index is -2.99. The van der Waals surface area contributed by atoms with Gasteiger partial charge >= 0.3 is 0 Å². The number of rotatable bonds is 4. The second kappa shape index (κ2) is 7.21. The van der Waals surface area contributed by atoms with Crippen LogP contribution in [0.15, 0.2) is 30.6 Å². The van der Waals surface area contributed by atoms with E-state index < -0.39 is 23.9 Å². The molecule has 0 aliphatic heterocycles.